The molecule has 2 rings (SSSR count). The highest BCUT2D eigenvalue weighted by Crippen LogP contribution is 2.22. The average Bonchev–Trinajstić information content (AvgIpc) is 2.40. The second-order valence-electron chi connectivity index (χ2n) is 4.11. The molecule has 7 heteroatoms. The number of nitriles is 1. The molecule has 0 unspecified atom stereocenters. The molecule has 0 radical (unpaired) electrons. The van der Waals surface area contributed by atoms with Gasteiger partial charge in [0.1, 0.15) is 11.0 Å². The Balaban J connectivity index is 2.47. The summed E-state index contributed by atoms with van der Waals surface area (Å²) in [5.41, 5.74) is 6.79. The maximum Gasteiger partial charge on any atom is 0.263 e. The van der Waals surface area contributed by atoms with Crippen LogP contribution >= 0.6 is 0 Å². The van der Waals surface area contributed by atoms with Gasteiger partial charge in [-0.15, -0.1) is 0 Å². The molecule has 0 atom stereocenters. The largest absolute Gasteiger partial charge is 0.399 e. The van der Waals surface area contributed by atoms with Crippen molar-refractivity contribution in [1.29, 1.82) is 5.26 Å². The monoisotopic (exact) mass is 288 g/mol. The standard InChI is InChI=1S/C13H12N4O2S/c1-9-12(3-2-6-16-9)17-20(18,19)13-5-4-11(15)7-10(13)8-14/h2-7,17H,15H2,1H3. The van der Waals surface area contributed by atoms with Crippen LogP contribution in [0.1, 0.15) is 11.3 Å². The van der Waals surface area contributed by atoms with E-state index in [1.54, 1.807) is 25.3 Å². The first kappa shape index (κ1) is 13.8. The van der Waals surface area contributed by atoms with Crippen molar-refractivity contribution in [3.63, 3.8) is 0 Å². The Hall–Kier alpha value is -2.59. The molecule has 0 fully saturated rings. The van der Waals surface area contributed by atoms with E-state index in [4.69, 9.17) is 11.0 Å². The molecule has 0 saturated heterocycles. The quantitative estimate of drug-likeness (QED) is 0.834. The summed E-state index contributed by atoms with van der Waals surface area (Å²) in [5, 5.41) is 9.02. The predicted molar refractivity (Wildman–Crippen MR) is 75.4 cm³/mol. The zero-order valence-electron chi connectivity index (χ0n) is 10.7. The smallest absolute Gasteiger partial charge is 0.263 e. The van der Waals surface area contributed by atoms with Crippen LogP contribution in [0.25, 0.3) is 0 Å². The molecule has 0 spiro atoms. The molecule has 0 saturated carbocycles. The molecule has 6 nitrogen and oxygen atoms in total. The molecule has 2 aromatic rings. The minimum absolute atomic E-state index is 0.000886. The number of hydrogen-bond donors (Lipinski definition) is 2. The topological polar surface area (TPSA) is 109 Å². The van der Waals surface area contributed by atoms with Crippen LogP contribution in [0, 0.1) is 18.3 Å². The van der Waals surface area contributed by atoms with E-state index in [2.05, 4.69) is 9.71 Å². The molecule has 102 valence electrons. The number of rotatable bonds is 3. The third-order valence-corrected chi connectivity index (χ3v) is 4.09. The van der Waals surface area contributed by atoms with Crippen molar-refractivity contribution in [2.45, 2.75) is 11.8 Å². The Morgan fingerprint density at radius 1 is 1.35 bits per heavy atom. The molecule has 1 aromatic carbocycles. The maximum absolute atomic E-state index is 12.3. The Kier molecular flexibility index (Phi) is 3.59. The van der Waals surface area contributed by atoms with Crippen LogP contribution < -0.4 is 10.5 Å². The molecule has 0 amide bonds. The van der Waals surface area contributed by atoms with E-state index in [0.717, 1.165) is 0 Å². The Labute approximate surface area is 116 Å². The van der Waals surface area contributed by atoms with Crippen LogP contribution in [-0.4, -0.2) is 13.4 Å². The highest BCUT2D eigenvalue weighted by atomic mass is 32.2. The second-order valence-corrected chi connectivity index (χ2v) is 5.76. The third-order valence-electron chi connectivity index (χ3n) is 2.66. The van der Waals surface area contributed by atoms with Gasteiger partial charge in [0, 0.05) is 11.9 Å². The summed E-state index contributed by atoms with van der Waals surface area (Å²) < 4.78 is 27.0. The van der Waals surface area contributed by atoms with Gasteiger partial charge in [0.2, 0.25) is 0 Å². The van der Waals surface area contributed by atoms with Crippen LogP contribution in [-0.2, 0) is 10.0 Å². The molecule has 1 heterocycles. The SMILES string of the molecule is Cc1ncccc1NS(=O)(=O)c1ccc(N)cc1C#N. The number of benzene rings is 1. The first-order valence-corrected chi connectivity index (χ1v) is 7.16. The van der Waals surface area contributed by atoms with Crippen LogP contribution in [0.4, 0.5) is 11.4 Å². The fourth-order valence-electron chi connectivity index (χ4n) is 1.66. The lowest BCUT2D eigenvalue weighted by molar-refractivity contribution is 0.601. The van der Waals surface area contributed by atoms with Crippen molar-refractivity contribution in [1.82, 2.24) is 4.98 Å². The number of nitrogens with zero attached hydrogens (tertiary/aromatic N) is 2. The van der Waals surface area contributed by atoms with E-state index in [1.165, 1.54) is 18.2 Å². The summed E-state index contributed by atoms with van der Waals surface area (Å²) in [5.74, 6) is 0. The van der Waals surface area contributed by atoms with E-state index >= 15 is 0 Å². The van der Waals surface area contributed by atoms with Gasteiger partial charge < -0.3 is 5.73 Å². The number of aromatic nitrogens is 1. The summed E-state index contributed by atoms with van der Waals surface area (Å²) >= 11 is 0. The molecular formula is C13H12N4O2S. The lowest BCUT2D eigenvalue weighted by Gasteiger charge is -2.11. The van der Waals surface area contributed by atoms with Gasteiger partial charge in [0.05, 0.1) is 16.9 Å². The fraction of sp³-hybridized carbons (Fsp3) is 0.0769. The van der Waals surface area contributed by atoms with Gasteiger partial charge in [-0.1, -0.05) is 0 Å². The summed E-state index contributed by atoms with van der Waals surface area (Å²) in [6, 6.07) is 9.12. The first-order valence-electron chi connectivity index (χ1n) is 5.68. The summed E-state index contributed by atoms with van der Waals surface area (Å²) in [4.78, 5) is 3.89. The number of pyridine rings is 1. The molecule has 0 bridgehead atoms. The number of nitrogen functional groups attached to an aromatic ring is 1. The average molecular weight is 288 g/mol. The highest BCUT2D eigenvalue weighted by molar-refractivity contribution is 7.92. The number of nitrogens with two attached hydrogens (primary N) is 1. The van der Waals surface area contributed by atoms with Gasteiger partial charge in [-0.05, 0) is 37.3 Å². The maximum atomic E-state index is 12.3. The van der Waals surface area contributed by atoms with Crippen LogP contribution in [0.15, 0.2) is 41.4 Å². The molecule has 0 aliphatic rings. The van der Waals surface area contributed by atoms with E-state index in [9.17, 15) is 8.42 Å². The van der Waals surface area contributed by atoms with E-state index in [1.807, 2.05) is 6.07 Å². The Morgan fingerprint density at radius 3 is 2.75 bits per heavy atom. The molecular weight excluding hydrogens is 276 g/mol. The lowest BCUT2D eigenvalue weighted by Crippen LogP contribution is -2.15. The molecule has 0 aliphatic carbocycles. The van der Waals surface area contributed by atoms with Crippen LogP contribution in [0.5, 0.6) is 0 Å². The van der Waals surface area contributed by atoms with Crippen molar-refractivity contribution >= 4 is 21.4 Å². The van der Waals surface area contributed by atoms with E-state index in [-0.39, 0.29) is 10.5 Å². The Bertz CT molecular complexity index is 794. The normalized spacial score (nSPS) is 10.8. The van der Waals surface area contributed by atoms with Crippen molar-refractivity contribution < 1.29 is 8.42 Å². The summed E-state index contributed by atoms with van der Waals surface area (Å²) in [6.45, 7) is 1.69. The van der Waals surface area contributed by atoms with Gasteiger partial charge in [0.15, 0.2) is 0 Å². The first-order chi connectivity index (χ1) is 9.44. The van der Waals surface area contributed by atoms with E-state index < -0.39 is 10.0 Å². The number of aryl methyl sites for hydroxylation is 1. The number of hydrogen-bond acceptors (Lipinski definition) is 5. The molecule has 0 aliphatic heterocycles. The van der Waals surface area contributed by atoms with Crippen molar-refractivity contribution in [2.75, 3.05) is 10.5 Å². The lowest BCUT2D eigenvalue weighted by atomic mass is 10.2. The predicted octanol–water partition coefficient (Wildman–Crippen LogP) is 1.64. The second kappa shape index (κ2) is 5.19. The van der Waals surface area contributed by atoms with Gasteiger partial charge in [0.25, 0.3) is 10.0 Å². The summed E-state index contributed by atoms with van der Waals surface area (Å²) in [6.07, 6.45) is 1.57. The molecule has 3 N–H and O–H groups in total. The zero-order chi connectivity index (χ0) is 14.8. The van der Waals surface area contributed by atoms with Gasteiger partial charge in [-0.25, -0.2) is 8.42 Å². The van der Waals surface area contributed by atoms with Crippen molar-refractivity contribution in [3.8, 4) is 6.07 Å². The summed E-state index contributed by atoms with van der Waals surface area (Å²) in [7, 11) is -3.86. The molecule has 1 aromatic heterocycles. The fourth-order valence-corrected chi connectivity index (χ4v) is 2.92. The minimum atomic E-state index is -3.86. The van der Waals surface area contributed by atoms with Gasteiger partial charge in [-0.3, -0.25) is 9.71 Å². The van der Waals surface area contributed by atoms with Crippen molar-refractivity contribution in [2.24, 2.45) is 0 Å². The number of sulfonamides is 1. The van der Waals surface area contributed by atoms with Crippen LogP contribution in [0.2, 0.25) is 0 Å². The third kappa shape index (κ3) is 2.70. The Morgan fingerprint density at radius 2 is 2.10 bits per heavy atom. The van der Waals surface area contributed by atoms with Gasteiger partial charge >= 0.3 is 0 Å². The van der Waals surface area contributed by atoms with E-state index in [0.29, 0.717) is 17.1 Å². The van der Waals surface area contributed by atoms with Gasteiger partial charge in [-0.2, -0.15) is 5.26 Å². The van der Waals surface area contributed by atoms with Crippen molar-refractivity contribution in [3.05, 3.63) is 47.8 Å². The van der Waals surface area contributed by atoms with Crippen LogP contribution in [0.3, 0.4) is 0 Å². The highest BCUT2D eigenvalue weighted by Gasteiger charge is 2.19. The molecule has 20 heavy (non-hydrogen) atoms. The number of anilines is 2. The zero-order valence-corrected chi connectivity index (χ0v) is 11.5. The minimum Gasteiger partial charge on any atom is -0.399 e. The number of nitrogens with one attached hydrogen (secondary N) is 1.